The smallest absolute Gasteiger partial charge is 0.260 e. The van der Waals surface area contributed by atoms with E-state index in [1.165, 1.54) is 12.3 Å². The van der Waals surface area contributed by atoms with Gasteiger partial charge in [-0.05, 0) is 43.5 Å². The second kappa shape index (κ2) is 9.77. The van der Waals surface area contributed by atoms with E-state index in [4.69, 9.17) is 0 Å². The van der Waals surface area contributed by atoms with Crippen LogP contribution in [0, 0.1) is 18.7 Å². The molecule has 0 fully saturated rings. The molecule has 3 aromatic rings. The number of aromatic nitrogens is 2. The van der Waals surface area contributed by atoms with E-state index in [1.807, 2.05) is 25.8 Å². The quantitative estimate of drug-likeness (QED) is 0.487. The zero-order valence-corrected chi connectivity index (χ0v) is 19.6. The normalized spacial score (nSPS) is 13.6. The number of hydrogen-bond acceptors (Lipinski definition) is 6. The number of carbonyl (C=O) groups is 1. The van der Waals surface area contributed by atoms with Crippen molar-refractivity contribution in [3.05, 3.63) is 70.0 Å². The summed E-state index contributed by atoms with van der Waals surface area (Å²) in [6, 6.07) is 8.09. The number of aryl methyl sites for hydroxylation is 1. The van der Waals surface area contributed by atoms with E-state index in [0.29, 0.717) is 42.3 Å². The van der Waals surface area contributed by atoms with Crippen molar-refractivity contribution in [2.24, 2.45) is 5.92 Å². The Morgan fingerprint density at radius 3 is 2.76 bits per heavy atom. The van der Waals surface area contributed by atoms with Gasteiger partial charge in [0.1, 0.15) is 11.6 Å². The van der Waals surface area contributed by atoms with Gasteiger partial charge in [0.05, 0.1) is 22.5 Å². The number of halogens is 1. The Morgan fingerprint density at radius 1 is 1.21 bits per heavy atom. The molecule has 0 saturated carbocycles. The molecule has 0 bridgehead atoms. The Labute approximate surface area is 197 Å². The highest BCUT2D eigenvalue weighted by molar-refractivity contribution is 6.02. The predicted molar refractivity (Wildman–Crippen MR) is 131 cm³/mol. The van der Waals surface area contributed by atoms with Gasteiger partial charge < -0.3 is 15.3 Å². The van der Waals surface area contributed by atoms with Crippen LogP contribution in [0.5, 0.6) is 0 Å². The molecule has 1 aliphatic rings. The predicted octanol–water partition coefficient (Wildman–Crippen LogP) is 4.14. The third kappa shape index (κ3) is 4.59. The third-order valence-corrected chi connectivity index (χ3v) is 6.26. The van der Waals surface area contributed by atoms with E-state index in [1.54, 1.807) is 35.0 Å². The van der Waals surface area contributed by atoms with Crippen LogP contribution in [0.15, 0.2) is 47.5 Å². The molecule has 4 rings (SSSR count). The molecule has 34 heavy (non-hydrogen) atoms. The zero-order valence-electron chi connectivity index (χ0n) is 19.6. The Hall–Kier alpha value is -3.52. The lowest BCUT2D eigenvalue weighted by Crippen LogP contribution is -2.22. The van der Waals surface area contributed by atoms with Gasteiger partial charge in [0.15, 0.2) is 5.78 Å². The highest BCUT2D eigenvalue weighted by Crippen LogP contribution is 2.35. The first-order valence-corrected chi connectivity index (χ1v) is 11.4. The van der Waals surface area contributed by atoms with Gasteiger partial charge in [-0.15, -0.1) is 0 Å². The van der Waals surface area contributed by atoms with Crippen molar-refractivity contribution in [3.63, 3.8) is 0 Å². The second-order valence-electron chi connectivity index (χ2n) is 8.95. The number of Topliss-reactive ketones (excluding diaryl/α,β-unsaturated/α-hetero) is 1. The molecule has 3 heterocycles. The minimum absolute atomic E-state index is 0.0287. The molecule has 0 amide bonds. The zero-order chi connectivity index (χ0) is 24.4. The highest BCUT2D eigenvalue weighted by Gasteiger charge is 2.25. The van der Waals surface area contributed by atoms with Gasteiger partial charge in [-0.25, -0.2) is 4.39 Å². The second-order valence-corrected chi connectivity index (χ2v) is 8.95. The number of nitrogens with zero attached hydrogens (tertiary/aromatic N) is 3. The average molecular weight is 465 g/mol. The molecular formula is C26H29FN4O3. The van der Waals surface area contributed by atoms with Gasteiger partial charge in [0, 0.05) is 51.1 Å². The lowest BCUT2D eigenvalue weighted by molar-refractivity contribution is 0.0969. The minimum Gasteiger partial charge on any atom is -0.396 e. The molecule has 8 heteroatoms. The fourth-order valence-electron chi connectivity index (χ4n) is 4.24. The maximum absolute atomic E-state index is 14.7. The van der Waals surface area contributed by atoms with Crippen LogP contribution >= 0.6 is 0 Å². The fraction of sp³-hybridized carbons (Fsp3) is 0.346. The number of nitrogens with one attached hydrogen (secondary N) is 1. The van der Waals surface area contributed by atoms with Crippen LogP contribution in [-0.4, -0.2) is 40.6 Å². The molecule has 1 atom stereocenters. The maximum Gasteiger partial charge on any atom is 0.260 e. The molecule has 0 unspecified atom stereocenters. The Bertz CT molecular complexity index is 1290. The lowest BCUT2D eigenvalue weighted by atomic mass is 10.0. The van der Waals surface area contributed by atoms with Crippen molar-refractivity contribution < 1.29 is 14.3 Å². The van der Waals surface area contributed by atoms with E-state index < -0.39 is 5.82 Å². The van der Waals surface area contributed by atoms with Crippen LogP contribution in [0.1, 0.15) is 35.7 Å². The van der Waals surface area contributed by atoms with Crippen molar-refractivity contribution >= 4 is 23.0 Å². The molecule has 1 aromatic carbocycles. The monoisotopic (exact) mass is 464 g/mol. The number of fused-ring (bicyclic) bond motifs is 1. The first kappa shape index (κ1) is 23.6. The van der Waals surface area contributed by atoms with E-state index in [9.17, 15) is 19.1 Å². The summed E-state index contributed by atoms with van der Waals surface area (Å²) in [5.74, 6) is 0.171. The van der Waals surface area contributed by atoms with E-state index in [-0.39, 0.29) is 41.4 Å². The average Bonchev–Trinajstić information content (AvgIpc) is 3.23. The first-order valence-electron chi connectivity index (χ1n) is 11.4. The Balaban J connectivity index is 1.78. The number of hydrogen-bond donors (Lipinski definition) is 2. The number of benzene rings is 1. The van der Waals surface area contributed by atoms with Crippen LogP contribution in [0.3, 0.4) is 0 Å². The van der Waals surface area contributed by atoms with Gasteiger partial charge >= 0.3 is 0 Å². The molecule has 2 aromatic heterocycles. The molecule has 2 N–H and O–H groups in total. The van der Waals surface area contributed by atoms with Crippen LogP contribution in [0.25, 0.3) is 11.1 Å². The minimum atomic E-state index is -0.460. The number of aliphatic hydroxyl groups is 1. The Kier molecular flexibility index (Phi) is 6.79. The highest BCUT2D eigenvalue weighted by atomic mass is 19.1. The molecule has 0 radical (unpaired) electrons. The Morgan fingerprint density at radius 2 is 2.00 bits per heavy atom. The summed E-state index contributed by atoms with van der Waals surface area (Å²) in [7, 11) is 1.89. The number of ketones is 1. The van der Waals surface area contributed by atoms with Crippen LogP contribution in [-0.2, 0) is 6.54 Å². The molecule has 0 spiro atoms. The van der Waals surface area contributed by atoms with Crippen molar-refractivity contribution in [2.45, 2.75) is 33.2 Å². The van der Waals surface area contributed by atoms with E-state index in [0.717, 1.165) is 5.56 Å². The van der Waals surface area contributed by atoms with Gasteiger partial charge in [0.25, 0.3) is 5.56 Å². The number of aliphatic hydroxyl groups excluding tert-OH is 1. The van der Waals surface area contributed by atoms with Crippen molar-refractivity contribution in [1.29, 1.82) is 0 Å². The first-order chi connectivity index (χ1) is 16.3. The van der Waals surface area contributed by atoms with E-state index >= 15 is 0 Å². The summed E-state index contributed by atoms with van der Waals surface area (Å²) < 4.78 is 16.4. The summed E-state index contributed by atoms with van der Waals surface area (Å²) in [5.41, 5.74) is 2.73. The summed E-state index contributed by atoms with van der Waals surface area (Å²) in [5, 5.41) is 12.6. The van der Waals surface area contributed by atoms with Crippen LogP contribution < -0.4 is 15.8 Å². The SMILES string of the molecule is Cc1ccc(F)c(-c2cc(Nc3ccncc3C(=O)CC[C@H](C)CO)c3n(c2=O)CCN3C)c1. The lowest BCUT2D eigenvalue weighted by Gasteiger charge is -2.20. The third-order valence-electron chi connectivity index (χ3n) is 6.26. The topological polar surface area (TPSA) is 87.5 Å². The van der Waals surface area contributed by atoms with Gasteiger partial charge in [-0.3, -0.25) is 19.1 Å². The summed E-state index contributed by atoms with van der Waals surface area (Å²) in [6.07, 6.45) is 3.97. The van der Waals surface area contributed by atoms with Crippen LogP contribution in [0.4, 0.5) is 21.6 Å². The molecule has 0 saturated heterocycles. The van der Waals surface area contributed by atoms with Crippen molar-refractivity contribution in [3.8, 4) is 11.1 Å². The summed E-state index contributed by atoms with van der Waals surface area (Å²) in [6.45, 7) is 4.91. The molecule has 7 nitrogen and oxygen atoms in total. The number of pyridine rings is 2. The molecule has 178 valence electrons. The number of carbonyl (C=O) groups excluding carboxylic acids is 1. The fourth-order valence-corrected chi connectivity index (χ4v) is 4.24. The van der Waals surface area contributed by atoms with E-state index in [2.05, 4.69) is 10.3 Å². The van der Waals surface area contributed by atoms with Crippen molar-refractivity contribution in [2.75, 3.05) is 30.4 Å². The van der Waals surface area contributed by atoms with Gasteiger partial charge in [0.2, 0.25) is 0 Å². The summed E-state index contributed by atoms with van der Waals surface area (Å²) >= 11 is 0. The van der Waals surface area contributed by atoms with Crippen molar-refractivity contribution in [1.82, 2.24) is 9.55 Å². The molecule has 1 aliphatic heterocycles. The maximum atomic E-state index is 14.7. The molecule has 0 aliphatic carbocycles. The standard InChI is InChI=1S/C26H29FN4O3/c1-16-4-6-21(27)18(12-16)19-13-23(25-30(3)10-11-31(25)26(19)34)29-22-8-9-28-14-20(22)24(33)7-5-17(2)15-32/h4,6,8-9,12-14,17,32H,5,7,10-11,15H2,1-3H3,(H,28,29)/t17-/m0/s1. The van der Waals surface area contributed by atoms with Gasteiger partial charge in [-0.1, -0.05) is 18.6 Å². The van der Waals surface area contributed by atoms with Gasteiger partial charge in [-0.2, -0.15) is 0 Å². The number of rotatable bonds is 8. The largest absolute Gasteiger partial charge is 0.396 e. The molecular weight excluding hydrogens is 435 g/mol. The number of anilines is 3. The number of likely N-dealkylation sites (N-methyl/N-ethyl adjacent to an activating group) is 1. The van der Waals surface area contributed by atoms with Crippen LogP contribution in [0.2, 0.25) is 0 Å². The summed E-state index contributed by atoms with van der Waals surface area (Å²) in [4.78, 5) is 32.3.